The molecule has 0 N–H and O–H groups in total. The molecule has 1 atom stereocenters. The van der Waals surface area contributed by atoms with E-state index in [9.17, 15) is 0 Å². The van der Waals surface area contributed by atoms with Gasteiger partial charge < -0.3 is 0 Å². The van der Waals surface area contributed by atoms with E-state index in [0.29, 0.717) is 6.79 Å². The molecule has 226 valence electrons. The van der Waals surface area contributed by atoms with Crippen molar-refractivity contribution in [3.05, 3.63) is 95.6 Å². The monoisotopic (exact) mass is 675 g/mol. The summed E-state index contributed by atoms with van der Waals surface area (Å²) in [4.78, 5) is 2.88. The molecule has 0 radical (unpaired) electrons. The van der Waals surface area contributed by atoms with E-state index in [4.69, 9.17) is 9.47 Å². The molecule has 0 saturated carbocycles. The SMILES string of the molecule is CCC[CH2][Sn]([CH2]CCC)([CH2]CCC)[C]1(OCOC)CCCN(C2(c3ccccc3)c3ccccc3-c3ccccc32)C1. The van der Waals surface area contributed by atoms with Crippen molar-refractivity contribution in [1.82, 2.24) is 4.90 Å². The summed E-state index contributed by atoms with van der Waals surface area (Å²) in [6.45, 7) is 9.62. The van der Waals surface area contributed by atoms with Crippen LogP contribution in [0.25, 0.3) is 11.1 Å². The summed E-state index contributed by atoms with van der Waals surface area (Å²) in [5.74, 6) is 0. The molecule has 3 nitrogen and oxygen atoms in total. The Labute approximate surface area is 259 Å². The van der Waals surface area contributed by atoms with Crippen molar-refractivity contribution >= 4 is 18.4 Å². The molecule has 1 aliphatic heterocycles. The van der Waals surface area contributed by atoms with Crippen molar-refractivity contribution in [3.63, 3.8) is 0 Å². The van der Waals surface area contributed by atoms with E-state index in [1.165, 1.54) is 92.5 Å². The zero-order valence-electron chi connectivity index (χ0n) is 26.7. The fourth-order valence-electron chi connectivity index (χ4n) is 8.51. The number of piperidine rings is 1. The van der Waals surface area contributed by atoms with Crippen molar-refractivity contribution in [2.75, 3.05) is 27.0 Å². The van der Waals surface area contributed by atoms with Crippen molar-refractivity contribution in [3.8, 4) is 11.1 Å². The van der Waals surface area contributed by atoms with Crippen LogP contribution in [0.3, 0.4) is 0 Å². The molecule has 0 aromatic heterocycles. The Morgan fingerprint density at radius 1 is 0.714 bits per heavy atom. The summed E-state index contributed by atoms with van der Waals surface area (Å²) >= 11 is -2.94. The van der Waals surface area contributed by atoms with Crippen LogP contribution >= 0.6 is 0 Å². The number of nitrogens with zero attached hydrogens (tertiary/aromatic N) is 1. The van der Waals surface area contributed by atoms with Gasteiger partial charge in [0.2, 0.25) is 0 Å². The van der Waals surface area contributed by atoms with Gasteiger partial charge in [-0.1, -0.05) is 0 Å². The second-order valence-corrected chi connectivity index (χ2v) is 27.0. The first-order valence-corrected chi connectivity index (χ1v) is 24.2. The Kier molecular flexibility index (Phi) is 10.9. The molecule has 1 aliphatic carbocycles. The van der Waals surface area contributed by atoms with Gasteiger partial charge in [0.25, 0.3) is 0 Å². The van der Waals surface area contributed by atoms with E-state index in [1.807, 2.05) is 7.11 Å². The molecule has 1 fully saturated rings. The Balaban J connectivity index is 1.72. The number of benzene rings is 3. The second-order valence-electron chi connectivity index (χ2n) is 12.8. The van der Waals surface area contributed by atoms with E-state index in [2.05, 4.69) is 105 Å². The summed E-state index contributed by atoms with van der Waals surface area (Å²) < 4.78 is 17.3. The Morgan fingerprint density at radius 2 is 1.24 bits per heavy atom. The van der Waals surface area contributed by atoms with E-state index >= 15 is 0 Å². The van der Waals surface area contributed by atoms with Gasteiger partial charge in [-0.25, -0.2) is 0 Å². The molecule has 1 heterocycles. The molecular weight excluding hydrogens is 621 g/mol. The second kappa shape index (κ2) is 14.4. The van der Waals surface area contributed by atoms with E-state index < -0.39 is 18.4 Å². The van der Waals surface area contributed by atoms with Crippen molar-refractivity contribution in [2.24, 2.45) is 0 Å². The molecule has 2 aliphatic rings. The van der Waals surface area contributed by atoms with Gasteiger partial charge >= 0.3 is 261 Å². The predicted octanol–water partition coefficient (Wildman–Crippen LogP) is 9.80. The minimum absolute atomic E-state index is 0.0588. The van der Waals surface area contributed by atoms with Gasteiger partial charge in [-0.3, -0.25) is 0 Å². The number of ether oxygens (including phenoxy) is 2. The number of likely N-dealkylation sites (tertiary alicyclic amines) is 1. The minimum atomic E-state index is -2.94. The van der Waals surface area contributed by atoms with Crippen molar-refractivity contribution in [2.45, 2.75) is 94.6 Å². The van der Waals surface area contributed by atoms with Crippen LogP contribution in [-0.4, -0.2) is 53.9 Å². The van der Waals surface area contributed by atoms with Crippen LogP contribution in [0.1, 0.15) is 88.8 Å². The molecule has 0 spiro atoms. The number of rotatable bonds is 15. The van der Waals surface area contributed by atoms with Gasteiger partial charge in [0.15, 0.2) is 0 Å². The molecule has 3 aromatic carbocycles. The van der Waals surface area contributed by atoms with E-state index in [1.54, 1.807) is 0 Å². The molecule has 3 aromatic rings. The summed E-state index contributed by atoms with van der Waals surface area (Å²) in [7, 11) is 1.81. The van der Waals surface area contributed by atoms with Crippen molar-refractivity contribution < 1.29 is 9.47 Å². The number of fused-ring (bicyclic) bond motifs is 3. The third kappa shape index (κ3) is 5.64. The topological polar surface area (TPSA) is 21.7 Å². The first-order valence-electron chi connectivity index (χ1n) is 16.8. The zero-order chi connectivity index (χ0) is 29.5. The maximum atomic E-state index is 7.25. The first-order chi connectivity index (χ1) is 20.6. The molecule has 4 heteroatoms. The maximum absolute atomic E-state index is 7.25. The summed E-state index contributed by atoms with van der Waals surface area (Å²) in [6.07, 6.45) is 10.2. The molecule has 1 saturated heterocycles. The number of hydrogen-bond acceptors (Lipinski definition) is 3. The molecule has 42 heavy (non-hydrogen) atoms. The fraction of sp³-hybridized carbons (Fsp3) is 0.526. The van der Waals surface area contributed by atoms with Crippen LogP contribution in [0, 0.1) is 0 Å². The van der Waals surface area contributed by atoms with Crippen molar-refractivity contribution in [1.29, 1.82) is 0 Å². The third-order valence-electron chi connectivity index (χ3n) is 10.5. The third-order valence-corrected chi connectivity index (χ3v) is 28.8. The van der Waals surface area contributed by atoms with Crippen LogP contribution in [0.2, 0.25) is 13.3 Å². The van der Waals surface area contributed by atoms with E-state index in [0.717, 1.165) is 13.1 Å². The predicted molar refractivity (Wildman–Crippen MR) is 180 cm³/mol. The first kappa shape index (κ1) is 31.8. The Hall–Kier alpha value is -1.66. The Bertz CT molecular complexity index is 1210. The zero-order valence-corrected chi connectivity index (χ0v) is 29.5. The number of hydrogen-bond donors (Lipinski definition) is 0. The van der Waals surface area contributed by atoms with Gasteiger partial charge in [0.1, 0.15) is 0 Å². The van der Waals surface area contributed by atoms with Gasteiger partial charge in [0.05, 0.1) is 0 Å². The Morgan fingerprint density at radius 3 is 1.76 bits per heavy atom. The molecule has 5 rings (SSSR count). The summed E-state index contributed by atoms with van der Waals surface area (Å²) in [5.41, 5.74) is 6.66. The van der Waals surface area contributed by atoms with Gasteiger partial charge in [-0.15, -0.1) is 0 Å². The number of unbranched alkanes of at least 4 members (excludes halogenated alkanes) is 3. The van der Waals surface area contributed by atoms with Gasteiger partial charge in [-0.05, 0) is 0 Å². The van der Waals surface area contributed by atoms with Crippen LogP contribution in [-0.2, 0) is 15.0 Å². The number of methoxy groups -OCH3 is 1. The molecule has 0 bridgehead atoms. The average Bonchev–Trinajstić information content (AvgIpc) is 3.35. The summed E-state index contributed by atoms with van der Waals surface area (Å²) in [5, 5.41) is 0. The summed E-state index contributed by atoms with van der Waals surface area (Å²) in [6, 6.07) is 29.7. The van der Waals surface area contributed by atoms with Gasteiger partial charge in [-0.2, -0.15) is 0 Å². The van der Waals surface area contributed by atoms with Crippen LogP contribution < -0.4 is 0 Å². The molecule has 0 amide bonds. The van der Waals surface area contributed by atoms with E-state index in [-0.39, 0.29) is 9.16 Å². The van der Waals surface area contributed by atoms with Crippen LogP contribution in [0.15, 0.2) is 78.9 Å². The molecular formula is C38H53NO2Sn. The standard InChI is InChI=1S/C26H26NO2.3C4H9.Sn/c1-28-19-29-21-12-9-17-27(18-21)26(20-10-3-2-4-11-20)24-15-7-5-13-22(24)23-14-6-8-16-25(23)26;3*1-3-4-2;/h2-8,10-11,13-16H,9,12,17-19H2,1H3;3*1,3-4H2,2H3;. The van der Waals surface area contributed by atoms with Gasteiger partial charge in [0, 0.05) is 0 Å². The molecule has 1 unspecified atom stereocenters. The fourth-order valence-corrected chi connectivity index (χ4v) is 27.9. The normalized spacial score (nSPS) is 19.9. The average molecular weight is 675 g/mol. The van der Waals surface area contributed by atoms with Crippen LogP contribution in [0.4, 0.5) is 0 Å². The van der Waals surface area contributed by atoms with Crippen LogP contribution in [0.5, 0.6) is 0 Å². The quantitative estimate of drug-likeness (QED) is 0.118.